The van der Waals surface area contributed by atoms with Gasteiger partial charge in [-0.1, -0.05) is 0 Å². The molecule has 22 heavy (non-hydrogen) atoms. The molecule has 0 aromatic heterocycles. The van der Waals surface area contributed by atoms with E-state index in [2.05, 4.69) is 15.4 Å². The molecule has 0 spiro atoms. The number of aryl methyl sites for hydroxylation is 1. The first kappa shape index (κ1) is 18.6. The monoisotopic (exact) mass is 346 g/mol. The van der Waals surface area contributed by atoms with Gasteiger partial charge in [-0.15, -0.1) is 24.2 Å². The summed E-state index contributed by atoms with van der Waals surface area (Å²) in [5, 5.41) is 6.01. The number of thioether (sulfide) groups is 1. The fourth-order valence-electron chi connectivity index (χ4n) is 1.85. The summed E-state index contributed by atoms with van der Waals surface area (Å²) < 4.78 is 9.80. The summed E-state index contributed by atoms with van der Waals surface area (Å²) in [4.78, 5) is 23.0. The third-order valence-electron chi connectivity index (χ3n) is 3.07. The molecule has 1 heterocycles. The van der Waals surface area contributed by atoms with Crippen LogP contribution in [0, 0.1) is 6.92 Å². The second-order valence-electron chi connectivity index (χ2n) is 4.60. The lowest BCUT2D eigenvalue weighted by Gasteiger charge is -2.13. The molecule has 6 nitrogen and oxygen atoms in total. The summed E-state index contributed by atoms with van der Waals surface area (Å²) in [5.74, 6) is 1.68. The zero-order valence-electron chi connectivity index (χ0n) is 12.4. The molecule has 1 saturated heterocycles. The predicted octanol–water partition coefficient (Wildman–Crippen LogP) is 1.57. The maximum atomic E-state index is 12.0. The van der Waals surface area contributed by atoms with E-state index in [1.165, 1.54) is 7.11 Å². The van der Waals surface area contributed by atoms with Crippen molar-refractivity contribution in [1.82, 2.24) is 5.32 Å². The Kier molecular flexibility index (Phi) is 7.50. The predicted molar refractivity (Wildman–Crippen MR) is 88.8 cm³/mol. The van der Waals surface area contributed by atoms with Crippen molar-refractivity contribution in [3.05, 3.63) is 23.8 Å². The van der Waals surface area contributed by atoms with Crippen LogP contribution >= 0.6 is 24.2 Å². The van der Waals surface area contributed by atoms with Crippen molar-refractivity contribution in [1.29, 1.82) is 0 Å². The topological polar surface area (TPSA) is 76.7 Å². The van der Waals surface area contributed by atoms with Crippen LogP contribution in [-0.4, -0.2) is 43.3 Å². The molecule has 122 valence electrons. The SMILES string of the molecule is COC(=O)COc1ccc(NC(=O)C2CSCN2)c(C)c1.Cl. The number of benzene rings is 1. The average molecular weight is 347 g/mol. The Morgan fingerprint density at radius 1 is 1.45 bits per heavy atom. The van der Waals surface area contributed by atoms with Gasteiger partial charge in [0.05, 0.1) is 13.2 Å². The molecule has 1 aliphatic heterocycles. The first-order valence-electron chi connectivity index (χ1n) is 6.52. The van der Waals surface area contributed by atoms with Crippen molar-refractivity contribution in [2.24, 2.45) is 0 Å². The lowest BCUT2D eigenvalue weighted by atomic mass is 10.2. The fourth-order valence-corrected chi connectivity index (χ4v) is 2.79. The minimum atomic E-state index is -0.435. The third kappa shape index (κ3) is 5.08. The normalized spacial score (nSPS) is 16.5. The molecule has 2 rings (SSSR count). The molecule has 0 saturated carbocycles. The first-order valence-corrected chi connectivity index (χ1v) is 7.68. The molecule has 1 aliphatic rings. The van der Waals surface area contributed by atoms with Crippen molar-refractivity contribution >= 4 is 41.7 Å². The molecule has 0 radical (unpaired) electrons. The molecule has 2 N–H and O–H groups in total. The molecule has 1 unspecified atom stereocenters. The number of carbonyl (C=O) groups excluding carboxylic acids is 2. The molecule has 1 atom stereocenters. The molecular formula is C14H19ClN2O4S. The zero-order valence-corrected chi connectivity index (χ0v) is 14.0. The van der Waals surface area contributed by atoms with Crippen LogP contribution in [0.4, 0.5) is 5.69 Å². The lowest BCUT2D eigenvalue weighted by Crippen LogP contribution is -2.37. The van der Waals surface area contributed by atoms with E-state index in [-0.39, 0.29) is 31.0 Å². The van der Waals surface area contributed by atoms with E-state index in [1.807, 2.05) is 6.92 Å². The number of amides is 1. The molecular weight excluding hydrogens is 328 g/mol. The number of hydrogen-bond acceptors (Lipinski definition) is 6. The van der Waals surface area contributed by atoms with Crippen LogP contribution in [0.2, 0.25) is 0 Å². The van der Waals surface area contributed by atoms with Crippen molar-refractivity contribution in [3.63, 3.8) is 0 Å². The number of anilines is 1. The van der Waals surface area contributed by atoms with Crippen LogP contribution < -0.4 is 15.4 Å². The van der Waals surface area contributed by atoms with Crippen LogP contribution in [-0.2, 0) is 14.3 Å². The fraction of sp³-hybridized carbons (Fsp3) is 0.429. The summed E-state index contributed by atoms with van der Waals surface area (Å²) in [6.45, 7) is 1.74. The maximum absolute atomic E-state index is 12.0. The summed E-state index contributed by atoms with van der Waals surface area (Å²) in [6, 6.07) is 5.10. The van der Waals surface area contributed by atoms with Crippen LogP contribution in [0.15, 0.2) is 18.2 Å². The largest absolute Gasteiger partial charge is 0.482 e. The standard InChI is InChI=1S/C14H18N2O4S.ClH/c1-9-5-10(20-6-13(17)19-2)3-4-11(9)16-14(18)12-7-21-8-15-12;/h3-5,12,15H,6-8H2,1-2H3,(H,16,18);1H. The average Bonchev–Trinajstić information content (AvgIpc) is 3.01. The number of ether oxygens (including phenoxy) is 2. The Morgan fingerprint density at radius 3 is 2.82 bits per heavy atom. The number of rotatable bonds is 5. The third-order valence-corrected chi connectivity index (χ3v) is 4.01. The van der Waals surface area contributed by atoms with Gasteiger partial charge in [-0.05, 0) is 30.7 Å². The highest BCUT2D eigenvalue weighted by Gasteiger charge is 2.22. The van der Waals surface area contributed by atoms with E-state index in [0.717, 1.165) is 22.9 Å². The van der Waals surface area contributed by atoms with Gasteiger partial charge >= 0.3 is 5.97 Å². The summed E-state index contributed by atoms with van der Waals surface area (Å²) >= 11 is 1.70. The number of methoxy groups -OCH3 is 1. The van der Waals surface area contributed by atoms with E-state index < -0.39 is 5.97 Å². The number of halogens is 1. The van der Waals surface area contributed by atoms with Gasteiger partial charge in [-0.25, -0.2) is 4.79 Å². The summed E-state index contributed by atoms with van der Waals surface area (Å²) in [5.41, 5.74) is 1.61. The Morgan fingerprint density at radius 2 is 2.23 bits per heavy atom. The number of carbonyl (C=O) groups is 2. The minimum Gasteiger partial charge on any atom is -0.482 e. The Labute approximate surface area is 139 Å². The number of hydrogen-bond donors (Lipinski definition) is 2. The number of esters is 1. The van der Waals surface area contributed by atoms with Gasteiger partial charge in [0.15, 0.2) is 6.61 Å². The quantitative estimate of drug-likeness (QED) is 0.788. The minimum absolute atomic E-state index is 0. The summed E-state index contributed by atoms with van der Waals surface area (Å²) in [7, 11) is 1.31. The van der Waals surface area contributed by atoms with Gasteiger partial charge in [0.1, 0.15) is 5.75 Å². The smallest absolute Gasteiger partial charge is 0.343 e. The maximum Gasteiger partial charge on any atom is 0.343 e. The van der Waals surface area contributed by atoms with Crippen molar-refractivity contribution < 1.29 is 19.1 Å². The van der Waals surface area contributed by atoms with E-state index in [1.54, 1.807) is 30.0 Å². The lowest BCUT2D eigenvalue weighted by molar-refractivity contribution is -0.142. The van der Waals surface area contributed by atoms with Crippen LogP contribution in [0.1, 0.15) is 5.56 Å². The van der Waals surface area contributed by atoms with E-state index in [4.69, 9.17) is 4.74 Å². The Hall–Kier alpha value is -1.44. The highest BCUT2D eigenvalue weighted by molar-refractivity contribution is 7.99. The Bertz CT molecular complexity index is 536. The summed E-state index contributed by atoms with van der Waals surface area (Å²) in [6.07, 6.45) is 0. The number of nitrogens with one attached hydrogen (secondary N) is 2. The van der Waals surface area contributed by atoms with Gasteiger partial charge in [-0.2, -0.15) is 0 Å². The van der Waals surface area contributed by atoms with Crippen LogP contribution in [0.5, 0.6) is 5.75 Å². The highest BCUT2D eigenvalue weighted by atomic mass is 35.5. The van der Waals surface area contributed by atoms with E-state index in [9.17, 15) is 9.59 Å². The van der Waals surface area contributed by atoms with E-state index >= 15 is 0 Å². The van der Waals surface area contributed by atoms with Gasteiger partial charge in [0.2, 0.25) is 5.91 Å². The molecule has 1 fully saturated rings. The Balaban J connectivity index is 0.00000242. The van der Waals surface area contributed by atoms with Gasteiger partial charge in [0.25, 0.3) is 0 Å². The molecule has 0 bridgehead atoms. The molecule has 1 amide bonds. The molecule has 1 aromatic rings. The van der Waals surface area contributed by atoms with Gasteiger partial charge in [-0.3, -0.25) is 10.1 Å². The molecule has 0 aliphatic carbocycles. The second kappa shape index (κ2) is 8.87. The van der Waals surface area contributed by atoms with Crippen molar-refractivity contribution in [2.75, 3.05) is 30.7 Å². The van der Waals surface area contributed by atoms with E-state index in [0.29, 0.717) is 5.75 Å². The molecule has 8 heteroatoms. The van der Waals surface area contributed by atoms with Gasteiger partial charge in [0, 0.05) is 17.3 Å². The first-order chi connectivity index (χ1) is 10.1. The highest BCUT2D eigenvalue weighted by Crippen LogP contribution is 2.22. The second-order valence-corrected chi connectivity index (χ2v) is 5.63. The van der Waals surface area contributed by atoms with Crippen molar-refractivity contribution in [2.45, 2.75) is 13.0 Å². The van der Waals surface area contributed by atoms with Crippen molar-refractivity contribution in [3.8, 4) is 5.75 Å². The molecule has 1 aromatic carbocycles. The zero-order chi connectivity index (χ0) is 15.2. The van der Waals surface area contributed by atoms with Gasteiger partial charge < -0.3 is 14.8 Å². The van der Waals surface area contributed by atoms with Crippen LogP contribution in [0.3, 0.4) is 0 Å². The van der Waals surface area contributed by atoms with Crippen LogP contribution in [0.25, 0.3) is 0 Å².